The third-order valence-corrected chi connectivity index (χ3v) is 3.10. The van der Waals surface area contributed by atoms with E-state index in [1.807, 2.05) is 13.8 Å². The van der Waals surface area contributed by atoms with E-state index in [-0.39, 0.29) is 5.56 Å². The Hall–Kier alpha value is -1.12. The minimum atomic E-state index is 0.0405. The van der Waals surface area contributed by atoms with Gasteiger partial charge in [0, 0.05) is 11.5 Å². The minimum absolute atomic E-state index is 0.0405. The zero-order valence-electron chi connectivity index (χ0n) is 8.76. The summed E-state index contributed by atoms with van der Waals surface area (Å²) >= 11 is 0. The number of nitrogens with one attached hydrogen (secondary N) is 1. The van der Waals surface area contributed by atoms with Gasteiger partial charge in [-0.15, -0.1) is 0 Å². The second-order valence-corrected chi connectivity index (χ2v) is 4.00. The molecule has 1 aromatic heterocycles. The first-order valence-electron chi connectivity index (χ1n) is 5.32. The van der Waals surface area contributed by atoms with Gasteiger partial charge in [0.1, 0.15) is 5.82 Å². The van der Waals surface area contributed by atoms with Crippen LogP contribution >= 0.6 is 0 Å². The Kier molecular flexibility index (Phi) is 2.40. The molecular weight excluding hydrogens is 176 g/mol. The molecule has 3 nitrogen and oxygen atoms in total. The van der Waals surface area contributed by atoms with Crippen molar-refractivity contribution >= 4 is 0 Å². The van der Waals surface area contributed by atoms with Gasteiger partial charge in [0.15, 0.2) is 0 Å². The van der Waals surface area contributed by atoms with Gasteiger partial charge in [-0.1, -0.05) is 13.3 Å². The van der Waals surface area contributed by atoms with E-state index in [0.717, 1.165) is 23.5 Å². The smallest absolute Gasteiger partial charge is 0.254 e. The van der Waals surface area contributed by atoms with E-state index in [9.17, 15) is 4.79 Å². The molecule has 0 saturated heterocycles. The molecule has 1 aliphatic rings. The van der Waals surface area contributed by atoms with Gasteiger partial charge in [0.05, 0.1) is 5.69 Å². The molecule has 14 heavy (non-hydrogen) atoms. The Morgan fingerprint density at radius 3 is 2.71 bits per heavy atom. The molecule has 0 atom stereocenters. The van der Waals surface area contributed by atoms with Gasteiger partial charge in [-0.25, -0.2) is 4.98 Å². The number of aryl methyl sites for hydroxylation is 1. The zero-order chi connectivity index (χ0) is 10.1. The molecule has 0 bridgehead atoms. The molecule has 1 N–H and O–H groups in total. The molecule has 1 aliphatic carbocycles. The number of aromatic amines is 1. The van der Waals surface area contributed by atoms with Crippen molar-refractivity contribution in [1.82, 2.24) is 9.97 Å². The first kappa shape index (κ1) is 9.44. The first-order valence-corrected chi connectivity index (χ1v) is 5.32. The minimum Gasteiger partial charge on any atom is -0.310 e. The third-order valence-electron chi connectivity index (χ3n) is 3.10. The maximum Gasteiger partial charge on any atom is 0.254 e. The molecule has 0 spiro atoms. The van der Waals surface area contributed by atoms with Crippen molar-refractivity contribution in [3.63, 3.8) is 0 Å². The molecule has 0 radical (unpaired) electrons. The van der Waals surface area contributed by atoms with E-state index in [1.54, 1.807) is 0 Å². The number of hydrogen-bond acceptors (Lipinski definition) is 2. The molecule has 0 unspecified atom stereocenters. The van der Waals surface area contributed by atoms with E-state index < -0.39 is 0 Å². The largest absolute Gasteiger partial charge is 0.310 e. The summed E-state index contributed by atoms with van der Waals surface area (Å²) < 4.78 is 0. The molecule has 0 amide bonds. The Bertz CT molecular complexity index is 391. The Morgan fingerprint density at radius 1 is 1.50 bits per heavy atom. The fourth-order valence-electron chi connectivity index (χ4n) is 1.82. The summed E-state index contributed by atoms with van der Waals surface area (Å²) in [6, 6.07) is 0. The lowest BCUT2D eigenvalue weighted by Crippen LogP contribution is -2.22. The molecule has 1 heterocycles. The van der Waals surface area contributed by atoms with Crippen LogP contribution in [0.2, 0.25) is 0 Å². The maximum absolute atomic E-state index is 11.6. The van der Waals surface area contributed by atoms with Gasteiger partial charge >= 0.3 is 0 Å². The normalized spacial score (nSPS) is 16.7. The number of hydrogen-bond donors (Lipinski definition) is 1. The quantitative estimate of drug-likeness (QED) is 0.778. The lowest BCUT2D eigenvalue weighted by atomic mass is 9.85. The van der Waals surface area contributed by atoms with Gasteiger partial charge < -0.3 is 4.98 Å². The fraction of sp³-hybridized carbons (Fsp3) is 0.636. The van der Waals surface area contributed by atoms with E-state index >= 15 is 0 Å². The van der Waals surface area contributed by atoms with Crippen molar-refractivity contribution < 1.29 is 0 Å². The van der Waals surface area contributed by atoms with Crippen molar-refractivity contribution in [2.45, 2.75) is 45.4 Å². The number of rotatable bonds is 2. The van der Waals surface area contributed by atoms with Crippen molar-refractivity contribution in [3.8, 4) is 0 Å². The van der Waals surface area contributed by atoms with E-state index in [4.69, 9.17) is 0 Å². The van der Waals surface area contributed by atoms with Crippen LogP contribution in [-0.4, -0.2) is 9.97 Å². The van der Waals surface area contributed by atoms with Gasteiger partial charge in [-0.05, 0) is 26.2 Å². The van der Waals surface area contributed by atoms with Crippen LogP contribution in [0.1, 0.15) is 49.2 Å². The highest BCUT2D eigenvalue weighted by atomic mass is 16.1. The monoisotopic (exact) mass is 192 g/mol. The van der Waals surface area contributed by atoms with Crippen LogP contribution in [0.5, 0.6) is 0 Å². The van der Waals surface area contributed by atoms with Crippen molar-refractivity contribution in [2.75, 3.05) is 0 Å². The predicted molar refractivity (Wildman–Crippen MR) is 55.6 cm³/mol. The van der Waals surface area contributed by atoms with Crippen LogP contribution in [0, 0.1) is 6.92 Å². The lowest BCUT2D eigenvalue weighted by Gasteiger charge is -2.24. The van der Waals surface area contributed by atoms with Crippen LogP contribution in [-0.2, 0) is 6.42 Å². The molecule has 76 valence electrons. The van der Waals surface area contributed by atoms with Gasteiger partial charge in [0.25, 0.3) is 5.56 Å². The molecule has 1 aromatic rings. The van der Waals surface area contributed by atoms with Crippen LogP contribution < -0.4 is 5.56 Å². The number of aromatic nitrogens is 2. The lowest BCUT2D eigenvalue weighted by molar-refractivity contribution is 0.399. The third kappa shape index (κ3) is 1.47. The molecule has 0 aliphatic heterocycles. The van der Waals surface area contributed by atoms with Crippen LogP contribution in [0.4, 0.5) is 0 Å². The summed E-state index contributed by atoms with van der Waals surface area (Å²) in [6.45, 7) is 3.88. The highest BCUT2D eigenvalue weighted by Gasteiger charge is 2.22. The zero-order valence-corrected chi connectivity index (χ0v) is 8.76. The molecule has 0 aromatic carbocycles. The maximum atomic E-state index is 11.6. The van der Waals surface area contributed by atoms with E-state index in [0.29, 0.717) is 5.92 Å². The molecule has 1 saturated carbocycles. The Morgan fingerprint density at radius 2 is 2.21 bits per heavy atom. The molecule has 2 rings (SSSR count). The van der Waals surface area contributed by atoms with Gasteiger partial charge in [0.2, 0.25) is 0 Å². The summed E-state index contributed by atoms with van der Waals surface area (Å²) in [5.74, 6) is 1.41. The van der Waals surface area contributed by atoms with Crippen LogP contribution in [0.25, 0.3) is 0 Å². The van der Waals surface area contributed by atoms with E-state index in [1.165, 1.54) is 19.3 Å². The van der Waals surface area contributed by atoms with E-state index in [2.05, 4.69) is 9.97 Å². The number of H-pyrrole nitrogens is 1. The topological polar surface area (TPSA) is 45.8 Å². The number of nitrogens with zero attached hydrogens (tertiary/aromatic N) is 1. The van der Waals surface area contributed by atoms with Gasteiger partial charge in [-0.2, -0.15) is 0 Å². The Balaban J connectivity index is 2.42. The average molecular weight is 192 g/mol. The standard InChI is InChI=1S/C11H16N2O/c1-3-9-7(2)11(14)13-10(12-9)8-5-4-6-8/h8H,3-6H2,1-2H3,(H,12,13,14). The summed E-state index contributed by atoms with van der Waals surface area (Å²) in [7, 11) is 0. The molecule has 3 heteroatoms. The predicted octanol–water partition coefficient (Wildman–Crippen LogP) is 1.91. The second kappa shape index (κ2) is 3.56. The van der Waals surface area contributed by atoms with Crippen molar-refractivity contribution in [1.29, 1.82) is 0 Å². The SMILES string of the molecule is CCc1nc(C2CCC2)[nH]c(=O)c1C. The highest BCUT2D eigenvalue weighted by molar-refractivity contribution is 5.17. The summed E-state index contributed by atoms with van der Waals surface area (Å²) in [5, 5.41) is 0. The molecular formula is C11H16N2O. The van der Waals surface area contributed by atoms with Crippen LogP contribution in [0.3, 0.4) is 0 Å². The summed E-state index contributed by atoms with van der Waals surface area (Å²) in [6.07, 6.45) is 4.46. The van der Waals surface area contributed by atoms with Crippen molar-refractivity contribution in [2.24, 2.45) is 0 Å². The van der Waals surface area contributed by atoms with Gasteiger partial charge in [-0.3, -0.25) is 4.79 Å². The summed E-state index contributed by atoms with van der Waals surface area (Å²) in [5.41, 5.74) is 1.77. The Labute approximate surface area is 83.6 Å². The second-order valence-electron chi connectivity index (χ2n) is 4.00. The van der Waals surface area contributed by atoms with Crippen molar-refractivity contribution in [3.05, 3.63) is 27.4 Å². The summed E-state index contributed by atoms with van der Waals surface area (Å²) in [4.78, 5) is 19.0. The first-order chi connectivity index (χ1) is 6.72. The van der Waals surface area contributed by atoms with Crippen LogP contribution in [0.15, 0.2) is 4.79 Å². The molecule has 1 fully saturated rings. The highest BCUT2D eigenvalue weighted by Crippen LogP contribution is 2.33. The fourth-order valence-corrected chi connectivity index (χ4v) is 1.82. The average Bonchev–Trinajstić information content (AvgIpc) is 2.08.